The van der Waals surface area contributed by atoms with Gasteiger partial charge in [0.2, 0.25) is 5.75 Å². The zero-order chi connectivity index (χ0) is 16.6. The van der Waals surface area contributed by atoms with Crippen LogP contribution in [0.1, 0.15) is 36.0 Å². The van der Waals surface area contributed by atoms with Crippen molar-refractivity contribution in [3.8, 4) is 17.2 Å². The Kier molecular flexibility index (Phi) is 4.62. The Bertz CT molecular complexity index is 601. The minimum Gasteiger partial charge on any atom is -0.493 e. The summed E-state index contributed by atoms with van der Waals surface area (Å²) in [5.74, 6) is 1.47. The molecule has 2 unspecified atom stereocenters. The smallest absolute Gasteiger partial charge is 0.203 e. The normalized spacial score (nSPS) is 29.2. The van der Waals surface area contributed by atoms with Crippen molar-refractivity contribution < 1.29 is 23.2 Å². The minimum absolute atomic E-state index is 0.0620. The van der Waals surface area contributed by atoms with Crippen LogP contribution in [0.15, 0.2) is 12.1 Å². The lowest BCUT2D eigenvalue weighted by molar-refractivity contribution is 0.0905. The molecule has 2 bridgehead atoms. The highest BCUT2D eigenvalue weighted by Gasteiger charge is 2.43. The standard InChI is InChI=1S/C17H22O5S/c1-20-14-8-11(9-15(21-2)17(14)22-3)16(18)10-6-12-4-5-13(7-10)23(12)19/h8-10,12-13H,4-7H2,1-3H3. The molecule has 0 amide bonds. The lowest BCUT2D eigenvalue weighted by Gasteiger charge is -2.26. The van der Waals surface area contributed by atoms with Gasteiger partial charge in [0, 0.05) is 32.8 Å². The summed E-state index contributed by atoms with van der Waals surface area (Å²) in [6.45, 7) is 0. The fourth-order valence-electron chi connectivity index (χ4n) is 3.71. The summed E-state index contributed by atoms with van der Waals surface area (Å²) in [6.07, 6.45) is 3.41. The van der Waals surface area contributed by atoms with Gasteiger partial charge < -0.3 is 14.2 Å². The fourth-order valence-corrected chi connectivity index (χ4v) is 5.83. The van der Waals surface area contributed by atoms with Crippen LogP contribution in [0.5, 0.6) is 17.2 Å². The fraction of sp³-hybridized carbons (Fsp3) is 0.588. The predicted molar refractivity (Wildman–Crippen MR) is 88.1 cm³/mol. The average molecular weight is 338 g/mol. The van der Waals surface area contributed by atoms with Crippen LogP contribution >= 0.6 is 0 Å². The van der Waals surface area contributed by atoms with Gasteiger partial charge in [-0.15, -0.1) is 0 Å². The van der Waals surface area contributed by atoms with Crippen molar-refractivity contribution in [2.75, 3.05) is 21.3 Å². The number of rotatable bonds is 5. The average Bonchev–Trinajstić information content (AvgIpc) is 2.79. The van der Waals surface area contributed by atoms with Crippen LogP contribution in [0.2, 0.25) is 0 Å². The van der Waals surface area contributed by atoms with E-state index in [1.807, 2.05) is 0 Å². The second-order valence-electron chi connectivity index (χ2n) is 6.10. The van der Waals surface area contributed by atoms with Gasteiger partial charge in [-0.25, -0.2) is 0 Å². The summed E-state index contributed by atoms with van der Waals surface area (Å²) in [5, 5.41) is 0.370. The first kappa shape index (κ1) is 16.3. The number of benzene rings is 1. The van der Waals surface area contributed by atoms with E-state index in [-0.39, 0.29) is 22.2 Å². The van der Waals surface area contributed by atoms with Crippen molar-refractivity contribution in [3.63, 3.8) is 0 Å². The Morgan fingerprint density at radius 2 is 1.52 bits per heavy atom. The van der Waals surface area contributed by atoms with Gasteiger partial charge in [0.1, 0.15) is 0 Å². The van der Waals surface area contributed by atoms with Gasteiger partial charge in [-0.2, -0.15) is 0 Å². The van der Waals surface area contributed by atoms with E-state index in [0.29, 0.717) is 22.8 Å². The monoisotopic (exact) mass is 338 g/mol. The second-order valence-corrected chi connectivity index (χ2v) is 8.09. The van der Waals surface area contributed by atoms with Gasteiger partial charge in [0.05, 0.1) is 21.3 Å². The van der Waals surface area contributed by atoms with Crippen LogP contribution in [0.3, 0.4) is 0 Å². The molecule has 2 atom stereocenters. The summed E-state index contributed by atoms with van der Waals surface area (Å²) in [7, 11) is 3.86. The first-order valence-corrected chi connectivity index (χ1v) is 9.10. The number of hydrogen-bond donors (Lipinski definition) is 0. The zero-order valence-corrected chi connectivity index (χ0v) is 14.5. The van der Waals surface area contributed by atoms with Gasteiger partial charge in [0.25, 0.3) is 0 Å². The summed E-state index contributed by atoms with van der Waals surface area (Å²) in [5.41, 5.74) is 0.566. The molecule has 2 heterocycles. The Labute approximate surface area is 138 Å². The number of ketones is 1. The van der Waals surface area contributed by atoms with E-state index in [2.05, 4.69) is 0 Å². The van der Waals surface area contributed by atoms with E-state index in [1.54, 1.807) is 12.1 Å². The highest BCUT2D eigenvalue weighted by atomic mass is 32.2. The molecule has 0 radical (unpaired) electrons. The van der Waals surface area contributed by atoms with Gasteiger partial charge in [0.15, 0.2) is 17.3 Å². The molecule has 5 nitrogen and oxygen atoms in total. The van der Waals surface area contributed by atoms with Crippen molar-refractivity contribution in [1.82, 2.24) is 0 Å². The summed E-state index contributed by atoms with van der Waals surface area (Å²) in [6, 6.07) is 3.41. The number of hydrogen-bond acceptors (Lipinski definition) is 5. The topological polar surface area (TPSA) is 61.8 Å². The van der Waals surface area contributed by atoms with Crippen molar-refractivity contribution in [3.05, 3.63) is 17.7 Å². The number of ether oxygens (including phenoxy) is 3. The molecule has 2 saturated heterocycles. The molecule has 1 aromatic carbocycles. The molecule has 2 aliphatic rings. The van der Waals surface area contributed by atoms with Crippen LogP contribution in [-0.4, -0.2) is 41.8 Å². The lowest BCUT2D eigenvalue weighted by atomic mass is 9.90. The van der Waals surface area contributed by atoms with Crippen molar-refractivity contribution in [1.29, 1.82) is 0 Å². The molecule has 0 aliphatic carbocycles. The van der Waals surface area contributed by atoms with E-state index < -0.39 is 10.8 Å². The molecule has 23 heavy (non-hydrogen) atoms. The zero-order valence-electron chi connectivity index (χ0n) is 13.7. The van der Waals surface area contributed by atoms with Crippen LogP contribution in [0.4, 0.5) is 0 Å². The third-order valence-corrected chi connectivity index (χ3v) is 7.05. The molecule has 126 valence electrons. The van der Waals surface area contributed by atoms with Gasteiger partial charge in [-0.1, -0.05) is 0 Å². The summed E-state index contributed by atoms with van der Waals surface area (Å²) in [4.78, 5) is 12.9. The molecule has 0 spiro atoms. The molecule has 6 heteroatoms. The third-order valence-electron chi connectivity index (χ3n) is 4.88. The molecule has 2 fully saturated rings. The number of Topliss-reactive ketones (excluding diaryl/α,β-unsaturated/α-hetero) is 1. The second kappa shape index (κ2) is 6.51. The number of carbonyl (C=O) groups is 1. The first-order valence-electron chi connectivity index (χ1n) is 7.82. The van der Waals surface area contributed by atoms with E-state index >= 15 is 0 Å². The van der Waals surface area contributed by atoms with E-state index in [4.69, 9.17) is 14.2 Å². The Balaban J connectivity index is 1.89. The van der Waals surface area contributed by atoms with Gasteiger partial charge in [-0.05, 0) is 37.8 Å². The Hall–Kier alpha value is -1.56. The third kappa shape index (κ3) is 2.84. The molecule has 1 aromatic rings. The molecule has 0 aromatic heterocycles. The SMILES string of the molecule is COc1cc(C(=O)C2CC3CCC(C2)S3=O)cc(OC)c1OC. The maximum absolute atomic E-state index is 12.9. The predicted octanol–water partition coefficient (Wildman–Crippen LogP) is 2.58. The summed E-state index contributed by atoms with van der Waals surface area (Å²) < 4.78 is 28.1. The highest BCUT2D eigenvalue weighted by Crippen LogP contribution is 2.42. The largest absolute Gasteiger partial charge is 0.493 e. The summed E-state index contributed by atoms with van der Waals surface area (Å²) >= 11 is 0. The molecule has 2 aliphatic heterocycles. The van der Waals surface area contributed by atoms with Crippen LogP contribution < -0.4 is 14.2 Å². The van der Waals surface area contributed by atoms with E-state index in [1.165, 1.54) is 21.3 Å². The molecular formula is C17H22O5S. The molecule has 0 saturated carbocycles. The number of carbonyl (C=O) groups excluding carboxylic acids is 1. The van der Waals surface area contributed by atoms with Crippen molar-refractivity contribution in [2.24, 2.45) is 5.92 Å². The van der Waals surface area contributed by atoms with Crippen LogP contribution in [0, 0.1) is 5.92 Å². The maximum Gasteiger partial charge on any atom is 0.203 e. The van der Waals surface area contributed by atoms with Crippen LogP contribution in [-0.2, 0) is 10.8 Å². The molecule has 0 N–H and O–H groups in total. The minimum atomic E-state index is -0.751. The Morgan fingerprint density at radius 3 is 1.96 bits per heavy atom. The first-order chi connectivity index (χ1) is 11.1. The maximum atomic E-state index is 12.9. The lowest BCUT2D eigenvalue weighted by Crippen LogP contribution is -2.32. The van der Waals surface area contributed by atoms with E-state index in [9.17, 15) is 9.00 Å². The Morgan fingerprint density at radius 1 is 1.00 bits per heavy atom. The number of methoxy groups -OCH3 is 3. The number of fused-ring (bicyclic) bond motifs is 2. The van der Waals surface area contributed by atoms with Crippen LogP contribution in [0.25, 0.3) is 0 Å². The van der Waals surface area contributed by atoms with Gasteiger partial charge in [-0.3, -0.25) is 9.00 Å². The quantitative estimate of drug-likeness (QED) is 0.772. The molecule has 3 rings (SSSR count). The van der Waals surface area contributed by atoms with E-state index in [0.717, 1.165) is 25.7 Å². The highest BCUT2D eigenvalue weighted by molar-refractivity contribution is 7.86. The van der Waals surface area contributed by atoms with Crippen molar-refractivity contribution >= 4 is 16.6 Å². The van der Waals surface area contributed by atoms with Crippen molar-refractivity contribution in [2.45, 2.75) is 36.2 Å². The molecular weight excluding hydrogens is 316 g/mol. The van der Waals surface area contributed by atoms with Gasteiger partial charge >= 0.3 is 0 Å².